The Kier molecular flexibility index (Phi) is 5.47. The minimum Gasteiger partial charge on any atom is -0.396 e. The highest BCUT2D eigenvalue weighted by Crippen LogP contribution is 2.36. The van der Waals surface area contributed by atoms with Crippen LogP contribution >= 0.6 is 38.9 Å². The van der Waals surface area contributed by atoms with Gasteiger partial charge in [-0.05, 0) is 40.8 Å². The minimum atomic E-state index is 0.121. The first-order valence-electron chi connectivity index (χ1n) is 6.17. The summed E-state index contributed by atoms with van der Waals surface area (Å²) in [5.74, 6) is 0.359. The molecule has 0 aromatic carbocycles. The minimum absolute atomic E-state index is 0.121. The number of nitrogens with two attached hydrogens (primary N) is 1. The van der Waals surface area contributed by atoms with E-state index >= 15 is 0 Å². The normalized spacial score (nSPS) is 25.6. The zero-order chi connectivity index (χ0) is 13.1. The van der Waals surface area contributed by atoms with Crippen LogP contribution in [0.15, 0.2) is 10.5 Å². The van der Waals surface area contributed by atoms with Gasteiger partial charge in [-0.15, -0.1) is 11.3 Å². The molecule has 18 heavy (non-hydrogen) atoms. The van der Waals surface area contributed by atoms with Crippen molar-refractivity contribution in [2.75, 3.05) is 13.2 Å². The van der Waals surface area contributed by atoms with Gasteiger partial charge in [0.2, 0.25) is 0 Å². The fourth-order valence-corrected chi connectivity index (χ4v) is 4.34. The van der Waals surface area contributed by atoms with E-state index in [1.807, 2.05) is 6.07 Å². The summed E-state index contributed by atoms with van der Waals surface area (Å²) in [5, 5.41) is 12.9. The topological polar surface area (TPSA) is 58.3 Å². The largest absolute Gasteiger partial charge is 0.396 e. The first-order chi connectivity index (χ1) is 8.65. The van der Waals surface area contributed by atoms with Crippen LogP contribution in [-0.4, -0.2) is 24.3 Å². The van der Waals surface area contributed by atoms with Gasteiger partial charge < -0.3 is 16.2 Å². The molecule has 4 N–H and O–H groups in total. The molecule has 0 amide bonds. The Morgan fingerprint density at radius 3 is 2.94 bits per heavy atom. The second-order valence-electron chi connectivity index (χ2n) is 4.71. The lowest BCUT2D eigenvalue weighted by atomic mass is 10.0. The van der Waals surface area contributed by atoms with Crippen molar-refractivity contribution in [1.82, 2.24) is 5.32 Å². The Hall–Kier alpha value is 0.350. The van der Waals surface area contributed by atoms with Crippen LogP contribution < -0.4 is 11.1 Å². The summed E-state index contributed by atoms with van der Waals surface area (Å²) in [6.07, 6.45) is 3.39. The molecule has 2 rings (SSSR count). The van der Waals surface area contributed by atoms with Crippen LogP contribution in [0.4, 0.5) is 0 Å². The zero-order valence-electron chi connectivity index (χ0n) is 10.0. The van der Waals surface area contributed by atoms with E-state index in [2.05, 4.69) is 21.2 Å². The van der Waals surface area contributed by atoms with Crippen LogP contribution in [0.2, 0.25) is 4.34 Å². The van der Waals surface area contributed by atoms with Crippen molar-refractivity contribution in [3.8, 4) is 0 Å². The van der Waals surface area contributed by atoms with Crippen LogP contribution in [0, 0.1) is 5.92 Å². The van der Waals surface area contributed by atoms with Crippen LogP contribution in [-0.2, 0) is 0 Å². The summed E-state index contributed by atoms with van der Waals surface area (Å²) in [6.45, 7) is 0.793. The van der Waals surface area contributed by atoms with E-state index in [-0.39, 0.29) is 12.6 Å². The second kappa shape index (κ2) is 6.68. The van der Waals surface area contributed by atoms with Crippen molar-refractivity contribution in [3.63, 3.8) is 0 Å². The monoisotopic (exact) mass is 352 g/mol. The molecule has 3 atom stereocenters. The number of aliphatic hydroxyl groups excluding tert-OH is 1. The molecule has 6 heteroatoms. The van der Waals surface area contributed by atoms with Gasteiger partial charge in [-0.1, -0.05) is 18.0 Å². The van der Waals surface area contributed by atoms with Crippen molar-refractivity contribution < 1.29 is 5.11 Å². The summed E-state index contributed by atoms with van der Waals surface area (Å²) in [6, 6.07) is 2.51. The van der Waals surface area contributed by atoms with Crippen molar-refractivity contribution in [2.24, 2.45) is 11.7 Å². The van der Waals surface area contributed by atoms with Gasteiger partial charge in [0.05, 0.1) is 6.04 Å². The number of halogens is 2. The molecule has 102 valence electrons. The van der Waals surface area contributed by atoms with Gasteiger partial charge in [-0.3, -0.25) is 0 Å². The maximum Gasteiger partial charge on any atom is 0.107 e. The Bertz CT molecular complexity index is 382. The quantitative estimate of drug-likeness (QED) is 0.763. The molecule has 1 aliphatic carbocycles. The summed E-state index contributed by atoms with van der Waals surface area (Å²) < 4.78 is 1.69. The van der Waals surface area contributed by atoms with Crippen LogP contribution in [0.5, 0.6) is 0 Å². The van der Waals surface area contributed by atoms with Gasteiger partial charge in [0.1, 0.15) is 4.34 Å². The average molecular weight is 354 g/mol. The second-order valence-corrected chi connectivity index (χ2v) is 7.25. The Morgan fingerprint density at radius 1 is 1.61 bits per heavy atom. The number of hydrogen-bond donors (Lipinski definition) is 3. The molecule has 1 aromatic rings. The molecule has 1 saturated carbocycles. The zero-order valence-corrected chi connectivity index (χ0v) is 13.2. The molecular weight excluding hydrogens is 336 g/mol. The summed E-state index contributed by atoms with van der Waals surface area (Å²) in [7, 11) is 0. The third-order valence-electron chi connectivity index (χ3n) is 3.55. The number of thiophene rings is 1. The predicted octanol–water partition coefficient (Wildman–Crippen LogP) is 2.91. The molecule has 0 saturated heterocycles. The Labute approximate surface area is 125 Å². The standard InChI is InChI=1S/C12H18BrClN2OS/c13-8-4-11(18-12(8)14)10(5-15)16-9-3-1-2-7(9)6-17/h4,7,9-10,16-17H,1-3,5-6,15H2. The van der Waals surface area contributed by atoms with Crippen molar-refractivity contribution in [1.29, 1.82) is 0 Å². The maximum atomic E-state index is 9.34. The van der Waals surface area contributed by atoms with Gasteiger partial charge in [0.15, 0.2) is 0 Å². The molecule has 1 heterocycles. The van der Waals surface area contributed by atoms with E-state index in [4.69, 9.17) is 17.3 Å². The summed E-state index contributed by atoms with van der Waals surface area (Å²) in [4.78, 5) is 1.15. The Morgan fingerprint density at radius 2 is 2.39 bits per heavy atom. The van der Waals surface area contributed by atoms with E-state index in [0.29, 0.717) is 18.5 Å². The number of nitrogens with one attached hydrogen (secondary N) is 1. The Balaban J connectivity index is 2.05. The molecule has 0 spiro atoms. The first-order valence-corrected chi connectivity index (χ1v) is 8.16. The first kappa shape index (κ1) is 14.8. The number of aliphatic hydroxyl groups is 1. The fraction of sp³-hybridized carbons (Fsp3) is 0.667. The third kappa shape index (κ3) is 3.26. The lowest BCUT2D eigenvalue weighted by molar-refractivity contribution is 0.200. The highest BCUT2D eigenvalue weighted by Gasteiger charge is 2.29. The lowest BCUT2D eigenvalue weighted by Crippen LogP contribution is -2.39. The third-order valence-corrected chi connectivity index (χ3v) is 6.14. The molecular formula is C12H18BrClN2OS. The van der Waals surface area contributed by atoms with Crippen LogP contribution in [0.1, 0.15) is 30.2 Å². The highest BCUT2D eigenvalue weighted by molar-refractivity contribution is 9.10. The average Bonchev–Trinajstić information content (AvgIpc) is 2.93. The molecule has 1 aliphatic rings. The van der Waals surface area contributed by atoms with E-state index in [0.717, 1.165) is 26.5 Å². The van der Waals surface area contributed by atoms with Gasteiger partial charge in [0.25, 0.3) is 0 Å². The van der Waals surface area contributed by atoms with Crippen molar-refractivity contribution in [2.45, 2.75) is 31.3 Å². The highest BCUT2D eigenvalue weighted by atomic mass is 79.9. The van der Waals surface area contributed by atoms with Crippen molar-refractivity contribution >= 4 is 38.9 Å². The van der Waals surface area contributed by atoms with Crippen molar-refractivity contribution in [3.05, 3.63) is 19.8 Å². The maximum absolute atomic E-state index is 9.34. The van der Waals surface area contributed by atoms with E-state index in [1.165, 1.54) is 6.42 Å². The summed E-state index contributed by atoms with van der Waals surface area (Å²) in [5.41, 5.74) is 5.85. The molecule has 0 aliphatic heterocycles. The van der Waals surface area contributed by atoms with E-state index in [1.54, 1.807) is 11.3 Å². The molecule has 0 bridgehead atoms. The molecule has 0 radical (unpaired) electrons. The lowest BCUT2D eigenvalue weighted by Gasteiger charge is -2.24. The molecule has 3 nitrogen and oxygen atoms in total. The summed E-state index contributed by atoms with van der Waals surface area (Å²) >= 11 is 11.0. The molecule has 1 aromatic heterocycles. The fourth-order valence-electron chi connectivity index (χ4n) is 2.53. The van der Waals surface area contributed by atoms with Crippen LogP contribution in [0.25, 0.3) is 0 Å². The predicted molar refractivity (Wildman–Crippen MR) is 80.2 cm³/mol. The smallest absolute Gasteiger partial charge is 0.107 e. The van der Waals surface area contributed by atoms with Crippen LogP contribution in [0.3, 0.4) is 0 Å². The van der Waals surface area contributed by atoms with Gasteiger partial charge in [-0.2, -0.15) is 0 Å². The number of hydrogen-bond acceptors (Lipinski definition) is 4. The molecule has 1 fully saturated rings. The van der Waals surface area contributed by atoms with E-state index in [9.17, 15) is 5.11 Å². The van der Waals surface area contributed by atoms with Gasteiger partial charge >= 0.3 is 0 Å². The SMILES string of the molecule is NCC(NC1CCCC1CO)c1cc(Br)c(Cl)s1. The van der Waals surface area contributed by atoms with Gasteiger partial charge in [0, 0.05) is 28.5 Å². The van der Waals surface area contributed by atoms with E-state index < -0.39 is 0 Å². The van der Waals surface area contributed by atoms with Gasteiger partial charge in [-0.25, -0.2) is 0 Å². The molecule has 3 unspecified atom stereocenters. The number of rotatable bonds is 5.